The van der Waals surface area contributed by atoms with Crippen LogP contribution in [0.4, 0.5) is 17.3 Å². The number of hydrogen-bond donors (Lipinski definition) is 2. The highest BCUT2D eigenvalue weighted by molar-refractivity contribution is 5.62. The molecule has 0 radical (unpaired) electrons. The van der Waals surface area contributed by atoms with Crippen LogP contribution in [-0.4, -0.2) is 44.5 Å². The molecular weight excluding hydrogens is 220 g/mol. The van der Waals surface area contributed by atoms with Crippen molar-refractivity contribution in [1.82, 2.24) is 4.98 Å². The number of nitrogens with two attached hydrogens (primary N) is 2. The first kappa shape index (κ1) is 11.9. The molecule has 1 aromatic heterocycles. The summed E-state index contributed by atoms with van der Waals surface area (Å²) in [5.41, 5.74) is 11.8. The Morgan fingerprint density at radius 2 is 1.76 bits per heavy atom. The van der Waals surface area contributed by atoms with Crippen LogP contribution >= 0.6 is 0 Å². The molecule has 2 unspecified atom stereocenters. The van der Waals surface area contributed by atoms with Crippen molar-refractivity contribution in [2.24, 2.45) is 0 Å². The van der Waals surface area contributed by atoms with Gasteiger partial charge in [-0.3, -0.25) is 0 Å². The Hall–Kier alpha value is -1.53. The third-order valence-electron chi connectivity index (χ3n) is 3.09. The lowest BCUT2D eigenvalue weighted by Gasteiger charge is -2.17. The summed E-state index contributed by atoms with van der Waals surface area (Å²) in [7, 11) is 3.37. The molecule has 0 amide bonds. The molecule has 2 rings (SSSR count). The van der Waals surface area contributed by atoms with Gasteiger partial charge in [0.25, 0.3) is 0 Å². The van der Waals surface area contributed by atoms with E-state index in [1.807, 2.05) is 6.07 Å². The van der Waals surface area contributed by atoms with Gasteiger partial charge in [-0.1, -0.05) is 0 Å². The van der Waals surface area contributed by atoms with Crippen LogP contribution in [0.15, 0.2) is 12.1 Å². The first-order chi connectivity index (χ1) is 8.15. The predicted molar refractivity (Wildman–Crippen MR) is 66.9 cm³/mol. The first-order valence-corrected chi connectivity index (χ1v) is 5.48. The van der Waals surface area contributed by atoms with E-state index in [1.54, 1.807) is 20.3 Å². The van der Waals surface area contributed by atoms with E-state index in [0.29, 0.717) is 11.5 Å². The minimum absolute atomic E-state index is 0.0561. The molecule has 0 bridgehead atoms. The zero-order chi connectivity index (χ0) is 12.4. The van der Waals surface area contributed by atoms with E-state index in [-0.39, 0.29) is 12.2 Å². The van der Waals surface area contributed by atoms with Gasteiger partial charge >= 0.3 is 0 Å². The Morgan fingerprint density at radius 1 is 1.18 bits per heavy atom. The number of anilines is 3. The van der Waals surface area contributed by atoms with Gasteiger partial charge in [-0.15, -0.1) is 0 Å². The summed E-state index contributed by atoms with van der Waals surface area (Å²) in [6.45, 7) is 1.48. The quantitative estimate of drug-likeness (QED) is 0.776. The fourth-order valence-corrected chi connectivity index (χ4v) is 2.03. The Balaban J connectivity index is 2.16. The normalized spacial score (nSPS) is 24.2. The lowest BCUT2D eigenvalue weighted by atomic mass is 10.3. The van der Waals surface area contributed by atoms with Gasteiger partial charge in [-0.25, -0.2) is 4.98 Å². The van der Waals surface area contributed by atoms with E-state index < -0.39 is 0 Å². The van der Waals surface area contributed by atoms with Crippen molar-refractivity contribution in [2.75, 3.05) is 43.7 Å². The van der Waals surface area contributed by atoms with Gasteiger partial charge in [-0.05, 0) is 12.1 Å². The summed E-state index contributed by atoms with van der Waals surface area (Å²) in [6, 6.07) is 3.62. The Labute approximate surface area is 101 Å². The van der Waals surface area contributed by atoms with Crippen LogP contribution in [0.2, 0.25) is 0 Å². The van der Waals surface area contributed by atoms with Crippen LogP contribution in [-0.2, 0) is 9.47 Å². The third kappa shape index (κ3) is 2.27. The molecule has 4 N–H and O–H groups in total. The number of nitrogens with zero attached hydrogens (tertiary/aromatic N) is 2. The molecule has 1 aliphatic rings. The van der Waals surface area contributed by atoms with Crippen molar-refractivity contribution in [3.8, 4) is 0 Å². The van der Waals surface area contributed by atoms with Crippen molar-refractivity contribution in [2.45, 2.75) is 12.2 Å². The lowest BCUT2D eigenvalue weighted by Crippen LogP contribution is -2.27. The lowest BCUT2D eigenvalue weighted by molar-refractivity contribution is -0.00461. The molecular formula is C11H18N4O2. The van der Waals surface area contributed by atoms with Crippen LogP contribution in [0.1, 0.15) is 0 Å². The standard InChI is InChI=1S/C11H18N4O2/c1-16-8-5-15(6-9(8)17-2)10-4-3-7(12)11(13)14-10/h3-4,8-9H,5-6,12H2,1-2H3,(H2,13,14). The molecule has 1 aliphatic heterocycles. The van der Waals surface area contributed by atoms with Crippen molar-refractivity contribution in [3.05, 3.63) is 12.1 Å². The molecule has 0 saturated carbocycles. The van der Waals surface area contributed by atoms with Gasteiger partial charge in [0.1, 0.15) is 23.8 Å². The minimum Gasteiger partial charge on any atom is -0.396 e. The number of pyridine rings is 1. The van der Waals surface area contributed by atoms with Gasteiger partial charge in [0.15, 0.2) is 0 Å². The molecule has 0 spiro atoms. The molecule has 6 heteroatoms. The number of hydrogen-bond acceptors (Lipinski definition) is 6. The van der Waals surface area contributed by atoms with Crippen LogP contribution in [0, 0.1) is 0 Å². The third-order valence-corrected chi connectivity index (χ3v) is 3.09. The maximum Gasteiger partial charge on any atom is 0.149 e. The van der Waals surface area contributed by atoms with Crippen molar-refractivity contribution in [3.63, 3.8) is 0 Å². The molecule has 1 aromatic rings. The van der Waals surface area contributed by atoms with Gasteiger partial charge in [0, 0.05) is 27.3 Å². The second-order valence-electron chi connectivity index (χ2n) is 4.10. The molecule has 1 saturated heterocycles. The van der Waals surface area contributed by atoms with E-state index in [2.05, 4.69) is 9.88 Å². The SMILES string of the molecule is COC1CN(c2ccc(N)c(N)n2)CC1OC. The van der Waals surface area contributed by atoms with Crippen molar-refractivity contribution in [1.29, 1.82) is 0 Å². The second kappa shape index (κ2) is 4.77. The van der Waals surface area contributed by atoms with Crippen molar-refractivity contribution >= 4 is 17.3 Å². The first-order valence-electron chi connectivity index (χ1n) is 5.48. The maximum atomic E-state index is 5.70. The van der Waals surface area contributed by atoms with Crippen LogP contribution < -0.4 is 16.4 Å². The number of ether oxygens (including phenoxy) is 2. The van der Waals surface area contributed by atoms with Crippen LogP contribution in [0.5, 0.6) is 0 Å². The fourth-order valence-electron chi connectivity index (χ4n) is 2.03. The zero-order valence-electron chi connectivity index (χ0n) is 10.1. The van der Waals surface area contributed by atoms with Gasteiger partial charge in [0.2, 0.25) is 0 Å². The van der Waals surface area contributed by atoms with E-state index in [1.165, 1.54) is 0 Å². The second-order valence-corrected chi connectivity index (χ2v) is 4.10. The summed E-state index contributed by atoms with van der Waals surface area (Å²) < 4.78 is 10.7. The monoisotopic (exact) mass is 238 g/mol. The summed E-state index contributed by atoms with van der Waals surface area (Å²) >= 11 is 0. The number of methoxy groups -OCH3 is 2. The molecule has 1 fully saturated rings. The molecule has 0 aromatic carbocycles. The number of aromatic nitrogens is 1. The number of rotatable bonds is 3. The Bertz CT molecular complexity index is 387. The summed E-state index contributed by atoms with van der Waals surface area (Å²) in [5.74, 6) is 1.16. The minimum atomic E-state index is 0.0561. The maximum absolute atomic E-state index is 5.70. The van der Waals surface area contributed by atoms with Gasteiger partial charge in [-0.2, -0.15) is 0 Å². The van der Waals surface area contributed by atoms with Gasteiger partial charge in [0.05, 0.1) is 5.69 Å². The highest BCUT2D eigenvalue weighted by Gasteiger charge is 2.33. The highest BCUT2D eigenvalue weighted by atomic mass is 16.5. The van der Waals surface area contributed by atoms with E-state index >= 15 is 0 Å². The fraction of sp³-hybridized carbons (Fsp3) is 0.545. The molecule has 94 valence electrons. The summed E-state index contributed by atoms with van der Waals surface area (Å²) in [4.78, 5) is 6.34. The average Bonchev–Trinajstić information content (AvgIpc) is 2.75. The summed E-state index contributed by atoms with van der Waals surface area (Å²) in [5, 5.41) is 0. The molecule has 2 atom stereocenters. The predicted octanol–water partition coefficient (Wildman–Crippen LogP) is 0.0960. The average molecular weight is 238 g/mol. The largest absolute Gasteiger partial charge is 0.396 e. The number of nitrogen functional groups attached to an aromatic ring is 2. The van der Waals surface area contributed by atoms with Crippen molar-refractivity contribution < 1.29 is 9.47 Å². The van der Waals surface area contributed by atoms with E-state index in [9.17, 15) is 0 Å². The topological polar surface area (TPSA) is 86.6 Å². The molecule has 2 heterocycles. The van der Waals surface area contributed by atoms with Gasteiger partial charge < -0.3 is 25.8 Å². The smallest absolute Gasteiger partial charge is 0.149 e. The highest BCUT2D eigenvalue weighted by Crippen LogP contribution is 2.24. The zero-order valence-corrected chi connectivity index (χ0v) is 10.1. The van der Waals surface area contributed by atoms with E-state index in [4.69, 9.17) is 20.9 Å². The molecule has 6 nitrogen and oxygen atoms in total. The van der Waals surface area contributed by atoms with E-state index in [0.717, 1.165) is 18.9 Å². The Morgan fingerprint density at radius 3 is 2.24 bits per heavy atom. The van der Waals surface area contributed by atoms with Crippen LogP contribution in [0.3, 0.4) is 0 Å². The van der Waals surface area contributed by atoms with Crippen LogP contribution in [0.25, 0.3) is 0 Å². The molecule has 17 heavy (non-hydrogen) atoms. The Kier molecular flexibility index (Phi) is 3.35. The summed E-state index contributed by atoms with van der Waals surface area (Å²) in [6.07, 6.45) is 0.112. The molecule has 0 aliphatic carbocycles.